The van der Waals surface area contributed by atoms with Crippen LogP contribution >= 0.6 is 0 Å². The minimum atomic E-state index is 0.754. The van der Waals surface area contributed by atoms with Gasteiger partial charge in [0.05, 0.1) is 0 Å². The summed E-state index contributed by atoms with van der Waals surface area (Å²) in [4.78, 5) is 0. The lowest BCUT2D eigenvalue weighted by molar-refractivity contribution is 0.0256. The molecule has 0 heteroatoms. The van der Waals surface area contributed by atoms with E-state index in [9.17, 15) is 0 Å². The molecule has 2 aliphatic rings. The van der Waals surface area contributed by atoms with E-state index in [2.05, 4.69) is 13.8 Å². The Labute approximate surface area is 115 Å². The molecule has 106 valence electrons. The first kappa shape index (κ1) is 14.4. The van der Waals surface area contributed by atoms with Gasteiger partial charge in [-0.3, -0.25) is 0 Å². The fourth-order valence-electron chi connectivity index (χ4n) is 5.36. The molecule has 0 saturated heterocycles. The summed E-state index contributed by atoms with van der Waals surface area (Å²) in [5.74, 6) is 2.13. The average Bonchev–Trinajstić information content (AvgIpc) is 2.42. The highest BCUT2D eigenvalue weighted by Crippen LogP contribution is 2.52. The van der Waals surface area contributed by atoms with E-state index >= 15 is 0 Å². The fraction of sp³-hybridized carbons (Fsp3) is 1.00. The van der Waals surface area contributed by atoms with Crippen molar-refractivity contribution >= 4 is 0 Å². The molecule has 2 fully saturated rings. The lowest BCUT2D eigenvalue weighted by Gasteiger charge is -2.48. The molecule has 0 nitrogen and oxygen atoms in total. The topological polar surface area (TPSA) is 0 Å². The Morgan fingerprint density at radius 2 is 1.50 bits per heavy atom. The van der Waals surface area contributed by atoms with Crippen molar-refractivity contribution in [3.05, 3.63) is 0 Å². The molecule has 1 unspecified atom stereocenters. The van der Waals surface area contributed by atoms with Crippen LogP contribution in [0.1, 0.15) is 97.3 Å². The predicted molar refractivity (Wildman–Crippen MR) is 80.8 cm³/mol. The largest absolute Gasteiger partial charge is 0.0654 e. The van der Waals surface area contributed by atoms with E-state index < -0.39 is 0 Å². The van der Waals surface area contributed by atoms with Gasteiger partial charge in [-0.1, -0.05) is 78.1 Å². The summed E-state index contributed by atoms with van der Waals surface area (Å²) in [5.41, 5.74) is 0.754. The third-order valence-electron chi connectivity index (χ3n) is 6.04. The number of hydrogen-bond donors (Lipinski definition) is 0. The second-order valence-corrected chi connectivity index (χ2v) is 7.09. The SMILES string of the molecule is CCCC1(C(CC)C2CCCCC2)CCCCC1. The smallest absolute Gasteiger partial charge is 0.0267 e. The first-order valence-electron chi connectivity index (χ1n) is 8.82. The molecule has 2 rings (SSSR count). The Morgan fingerprint density at radius 1 is 0.889 bits per heavy atom. The maximum atomic E-state index is 2.48. The van der Waals surface area contributed by atoms with Gasteiger partial charge in [-0.25, -0.2) is 0 Å². The lowest BCUT2D eigenvalue weighted by atomic mass is 9.57. The van der Waals surface area contributed by atoms with Gasteiger partial charge in [0.1, 0.15) is 0 Å². The van der Waals surface area contributed by atoms with E-state index in [1.165, 1.54) is 57.8 Å². The molecular weight excluding hydrogens is 216 g/mol. The van der Waals surface area contributed by atoms with Crippen molar-refractivity contribution in [3.8, 4) is 0 Å². The van der Waals surface area contributed by atoms with Gasteiger partial charge in [0.2, 0.25) is 0 Å². The van der Waals surface area contributed by atoms with Gasteiger partial charge in [0, 0.05) is 0 Å². The third kappa shape index (κ3) is 3.11. The van der Waals surface area contributed by atoms with E-state index in [1.807, 2.05) is 0 Å². The zero-order valence-corrected chi connectivity index (χ0v) is 12.8. The monoisotopic (exact) mass is 250 g/mol. The van der Waals surface area contributed by atoms with Crippen LogP contribution in [-0.2, 0) is 0 Å². The van der Waals surface area contributed by atoms with E-state index in [1.54, 1.807) is 25.7 Å². The quantitative estimate of drug-likeness (QED) is 0.534. The lowest BCUT2D eigenvalue weighted by Crippen LogP contribution is -2.38. The van der Waals surface area contributed by atoms with Gasteiger partial charge >= 0.3 is 0 Å². The number of hydrogen-bond acceptors (Lipinski definition) is 0. The van der Waals surface area contributed by atoms with Crippen LogP contribution in [0.5, 0.6) is 0 Å². The second-order valence-electron chi connectivity index (χ2n) is 7.09. The maximum absolute atomic E-state index is 2.48. The maximum Gasteiger partial charge on any atom is -0.0267 e. The van der Waals surface area contributed by atoms with Crippen LogP contribution in [-0.4, -0.2) is 0 Å². The zero-order valence-electron chi connectivity index (χ0n) is 12.8. The highest BCUT2D eigenvalue weighted by atomic mass is 14.5. The summed E-state index contributed by atoms with van der Waals surface area (Å²) in [6.07, 6.45) is 19.6. The minimum Gasteiger partial charge on any atom is -0.0654 e. The number of rotatable bonds is 5. The summed E-state index contributed by atoms with van der Waals surface area (Å²) < 4.78 is 0. The summed E-state index contributed by atoms with van der Waals surface area (Å²) >= 11 is 0. The molecule has 0 radical (unpaired) electrons. The van der Waals surface area contributed by atoms with Gasteiger partial charge in [-0.2, -0.15) is 0 Å². The summed E-state index contributed by atoms with van der Waals surface area (Å²) in [6.45, 7) is 4.88. The molecule has 2 aliphatic carbocycles. The highest BCUT2D eigenvalue weighted by molar-refractivity contribution is 4.92. The molecule has 18 heavy (non-hydrogen) atoms. The van der Waals surface area contributed by atoms with Crippen molar-refractivity contribution in [1.82, 2.24) is 0 Å². The van der Waals surface area contributed by atoms with Gasteiger partial charge in [0.25, 0.3) is 0 Å². The Balaban J connectivity index is 2.09. The van der Waals surface area contributed by atoms with Crippen LogP contribution in [0.2, 0.25) is 0 Å². The molecular formula is C18H34. The first-order valence-corrected chi connectivity index (χ1v) is 8.82. The highest BCUT2D eigenvalue weighted by Gasteiger charge is 2.41. The van der Waals surface area contributed by atoms with E-state index in [-0.39, 0.29) is 0 Å². The van der Waals surface area contributed by atoms with Crippen LogP contribution in [0, 0.1) is 17.3 Å². The molecule has 0 N–H and O–H groups in total. The van der Waals surface area contributed by atoms with Crippen LogP contribution in [0.4, 0.5) is 0 Å². The first-order chi connectivity index (χ1) is 8.82. The van der Waals surface area contributed by atoms with Crippen LogP contribution in [0.25, 0.3) is 0 Å². The summed E-state index contributed by atoms with van der Waals surface area (Å²) in [7, 11) is 0. The molecule has 0 aliphatic heterocycles. The standard InChI is InChI=1S/C18H34/c1-3-13-18(14-9-6-10-15-18)17(4-2)16-11-7-5-8-12-16/h16-17H,3-15H2,1-2H3. The zero-order chi connectivity index (χ0) is 12.8. The molecule has 0 aromatic rings. The molecule has 0 heterocycles. The Hall–Kier alpha value is 0. The van der Waals surface area contributed by atoms with Crippen molar-refractivity contribution in [1.29, 1.82) is 0 Å². The van der Waals surface area contributed by atoms with Crippen LogP contribution in [0.3, 0.4) is 0 Å². The Kier molecular flexibility index (Phi) is 5.57. The van der Waals surface area contributed by atoms with Crippen molar-refractivity contribution in [3.63, 3.8) is 0 Å². The molecule has 0 aromatic heterocycles. The van der Waals surface area contributed by atoms with E-state index in [0.717, 1.165) is 17.3 Å². The Bertz CT molecular complexity index is 213. The fourth-order valence-corrected chi connectivity index (χ4v) is 5.36. The van der Waals surface area contributed by atoms with Crippen LogP contribution in [0.15, 0.2) is 0 Å². The van der Waals surface area contributed by atoms with Gasteiger partial charge in [-0.05, 0) is 36.5 Å². The molecule has 0 aromatic carbocycles. The van der Waals surface area contributed by atoms with Crippen molar-refractivity contribution in [2.24, 2.45) is 17.3 Å². The van der Waals surface area contributed by atoms with Gasteiger partial charge in [-0.15, -0.1) is 0 Å². The molecule has 0 bridgehead atoms. The molecule has 0 spiro atoms. The van der Waals surface area contributed by atoms with Crippen LogP contribution < -0.4 is 0 Å². The molecule has 2 saturated carbocycles. The van der Waals surface area contributed by atoms with E-state index in [4.69, 9.17) is 0 Å². The third-order valence-corrected chi connectivity index (χ3v) is 6.04. The van der Waals surface area contributed by atoms with E-state index in [0.29, 0.717) is 0 Å². The summed E-state index contributed by atoms with van der Waals surface area (Å²) in [5, 5.41) is 0. The van der Waals surface area contributed by atoms with Crippen molar-refractivity contribution in [2.75, 3.05) is 0 Å². The predicted octanol–water partition coefficient (Wildman–Crippen LogP) is 6.34. The van der Waals surface area contributed by atoms with Gasteiger partial charge < -0.3 is 0 Å². The van der Waals surface area contributed by atoms with Crippen molar-refractivity contribution in [2.45, 2.75) is 97.3 Å². The average molecular weight is 250 g/mol. The van der Waals surface area contributed by atoms with Crippen molar-refractivity contribution < 1.29 is 0 Å². The van der Waals surface area contributed by atoms with Gasteiger partial charge in [0.15, 0.2) is 0 Å². The molecule has 0 amide bonds. The minimum absolute atomic E-state index is 0.754. The molecule has 1 atom stereocenters. The summed E-state index contributed by atoms with van der Waals surface area (Å²) in [6, 6.07) is 0. The Morgan fingerprint density at radius 3 is 2.06 bits per heavy atom. The normalized spacial score (nSPS) is 27.0. The second kappa shape index (κ2) is 6.96.